The lowest BCUT2D eigenvalue weighted by Crippen LogP contribution is -2.38. The Balaban J connectivity index is 1.63. The Hall–Kier alpha value is -3.29. The number of nitrogens with one attached hydrogen (secondary N) is 1. The molecule has 0 unspecified atom stereocenters. The zero-order valence-electron chi connectivity index (χ0n) is 17.2. The van der Waals surface area contributed by atoms with Gasteiger partial charge >= 0.3 is 0 Å². The van der Waals surface area contributed by atoms with E-state index in [-0.39, 0.29) is 23.9 Å². The van der Waals surface area contributed by atoms with E-state index in [1.54, 1.807) is 30.6 Å². The van der Waals surface area contributed by atoms with Gasteiger partial charge in [0.15, 0.2) is 0 Å². The first kappa shape index (κ1) is 21.0. The maximum atomic E-state index is 13.5. The third kappa shape index (κ3) is 4.28. The van der Waals surface area contributed by atoms with Gasteiger partial charge in [-0.3, -0.25) is 9.78 Å². The summed E-state index contributed by atoms with van der Waals surface area (Å²) in [6, 6.07) is 20.1. The average Bonchev–Trinajstić information content (AvgIpc) is 2.78. The van der Waals surface area contributed by atoms with Crippen molar-refractivity contribution in [3.63, 3.8) is 0 Å². The van der Waals surface area contributed by atoms with Gasteiger partial charge < -0.3 is 5.32 Å². The Labute approximate surface area is 181 Å². The molecule has 0 bridgehead atoms. The summed E-state index contributed by atoms with van der Waals surface area (Å²) in [6.07, 6.45) is 3.79. The first-order chi connectivity index (χ1) is 15.0. The fourth-order valence-electron chi connectivity index (χ4n) is 3.67. The molecule has 4 aromatic rings. The van der Waals surface area contributed by atoms with Crippen LogP contribution in [0.1, 0.15) is 13.3 Å². The quantitative estimate of drug-likeness (QED) is 0.468. The standard InChI is InChI=1S/C24H23N3O3S/c1-2-15-27(31(29,30)23-12-6-9-19-16-25-14-13-21(19)23)17-24(28)26-22-11-5-8-18-7-3-4-10-20(18)22/h3-14,16H,2,15,17H2,1H3,(H,26,28). The van der Waals surface area contributed by atoms with Gasteiger partial charge in [0.25, 0.3) is 0 Å². The SMILES string of the molecule is CCCN(CC(=O)Nc1cccc2ccccc12)S(=O)(=O)c1cccc2cnccc12. The highest BCUT2D eigenvalue weighted by molar-refractivity contribution is 7.89. The van der Waals surface area contributed by atoms with E-state index in [4.69, 9.17) is 0 Å². The first-order valence-electron chi connectivity index (χ1n) is 10.1. The van der Waals surface area contributed by atoms with Gasteiger partial charge in [-0.25, -0.2) is 8.42 Å². The molecule has 1 heterocycles. The Kier molecular flexibility index (Phi) is 5.97. The highest BCUT2D eigenvalue weighted by atomic mass is 32.2. The van der Waals surface area contributed by atoms with E-state index in [2.05, 4.69) is 10.3 Å². The maximum absolute atomic E-state index is 13.5. The molecule has 6 nitrogen and oxygen atoms in total. The fourth-order valence-corrected chi connectivity index (χ4v) is 5.38. The van der Waals surface area contributed by atoms with Crippen LogP contribution in [0.2, 0.25) is 0 Å². The number of rotatable bonds is 7. The van der Waals surface area contributed by atoms with Crippen LogP contribution in [-0.4, -0.2) is 36.7 Å². The molecule has 0 aliphatic heterocycles. The van der Waals surface area contributed by atoms with Crippen LogP contribution >= 0.6 is 0 Å². The number of carbonyl (C=O) groups excluding carboxylic acids is 1. The second-order valence-corrected chi connectivity index (χ2v) is 9.17. The maximum Gasteiger partial charge on any atom is 0.244 e. The third-order valence-electron chi connectivity index (χ3n) is 5.12. The molecule has 3 aromatic carbocycles. The van der Waals surface area contributed by atoms with Crippen molar-refractivity contribution >= 4 is 43.2 Å². The summed E-state index contributed by atoms with van der Waals surface area (Å²) in [7, 11) is -3.87. The molecule has 0 fully saturated rings. The average molecular weight is 434 g/mol. The van der Waals surface area contributed by atoms with Gasteiger partial charge in [0.2, 0.25) is 15.9 Å². The molecule has 0 spiro atoms. The smallest absolute Gasteiger partial charge is 0.244 e. The molecule has 0 atom stereocenters. The van der Waals surface area contributed by atoms with Crippen LogP contribution in [0.4, 0.5) is 5.69 Å². The molecule has 0 saturated heterocycles. The predicted octanol–water partition coefficient (Wildman–Crippen LogP) is 4.43. The topological polar surface area (TPSA) is 79.4 Å². The lowest BCUT2D eigenvalue weighted by molar-refractivity contribution is -0.116. The number of nitrogens with zero attached hydrogens (tertiary/aromatic N) is 2. The van der Waals surface area contributed by atoms with Gasteiger partial charge in [-0.1, -0.05) is 55.5 Å². The van der Waals surface area contributed by atoms with Crippen molar-refractivity contribution in [3.05, 3.63) is 79.1 Å². The zero-order chi connectivity index (χ0) is 21.8. The summed E-state index contributed by atoms with van der Waals surface area (Å²) in [5.41, 5.74) is 0.660. The summed E-state index contributed by atoms with van der Waals surface area (Å²) >= 11 is 0. The van der Waals surface area contributed by atoms with E-state index in [9.17, 15) is 13.2 Å². The second kappa shape index (κ2) is 8.83. The molecule has 158 valence electrons. The molecule has 7 heteroatoms. The molecule has 31 heavy (non-hydrogen) atoms. The number of pyridine rings is 1. The molecule has 0 aliphatic rings. The number of aromatic nitrogens is 1. The Bertz CT molecular complexity index is 1340. The summed E-state index contributed by atoms with van der Waals surface area (Å²) < 4.78 is 28.2. The zero-order valence-corrected chi connectivity index (χ0v) is 18.0. The molecule has 0 radical (unpaired) electrons. The number of benzene rings is 3. The van der Waals surface area contributed by atoms with Crippen LogP contribution < -0.4 is 5.32 Å². The van der Waals surface area contributed by atoms with Crippen molar-refractivity contribution < 1.29 is 13.2 Å². The minimum absolute atomic E-state index is 0.179. The van der Waals surface area contributed by atoms with Gasteiger partial charge in [0.1, 0.15) is 0 Å². The number of sulfonamides is 1. The van der Waals surface area contributed by atoms with Gasteiger partial charge in [0.05, 0.1) is 11.4 Å². The van der Waals surface area contributed by atoms with Crippen molar-refractivity contribution in [1.82, 2.24) is 9.29 Å². The van der Waals surface area contributed by atoms with Crippen LogP contribution in [0.3, 0.4) is 0 Å². The lowest BCUT2D eigenvalue weighted by atomic mass is 10.1. The van der Waals surface area contributed by atoms with Crippen LogP contribution in [0.5, 0.6) is 0 Å². The van der Waals surface area contributed by atoms with Gasteiger partial charge in [0, 0.05) is 40.8 Å². The molecular weight excluding hydrogens is 410 g/mol. The number of hydrogen-bond acceptors (Lipinski definition) is 4. The Morgan fingerprint density at radius 3 is 2.52 bits per heavy atom. The Morgan fingerprint density at radius 1 is 0.935 bits per heavy atom. The van der Waals surface area contributed by atoms with Crippen molar-refractivity contribution in [2.45, 2.75) is 18.2 Å². The van der Waals surface area contributed by atoms with E-state index in [0.29, 0.717) is 17.5 Å². The van der Waals surface area contributed by atoms with Crippen LogP contribution in [0.25, 0.3) is 21.5 Å². The summed E-state index contributed by atoms with van der Waals surface area (Å²) in [5, 5.41) is 6.12. The summed E-state index contributed by atoms with van der Waals surface area (Å²) in [4.78, 5) is 17.1. The lowest BCUT2D eigenvalue weighted by Gasteiger charge is -2.22. The largest absolute Gasteiger partial charge is 0.324 e. The van der Waals surface area contributed by atoms with Crippen molar-refractivity contribution in [3.8, 4) is 0 Å². The van der Waals surface area contributed by atoms with Gasteiger partial charge in [-0.15, -0.1) is 0 Å². The van der Waals surface area contributed by atoms with Crippen molar-refractivity contribution in [2.24, 2.45) is 0 Å². The highest BCUT2D eigenvalue weighted by Crippen LogP contribution is 2.26. The molecule has 1 aromatic heterocycles. The summed E-state index contributed by atoms with van der Waals surface area (Å²) in [5.74, 6) is -0.379. The number of carbonyl (C=O) groups is 1. The molecule has 4 rings (SSSR count). The highest BCUT2D eigenvalue weighted by Gasteiger charge is 2.27. The summed E-state index contributed by atoms with van der Waals surface area (Å²) in [6.45, 7) is 1.87. The Morgan fingerprint density at radius 2 is 1.68 bits per heavy atom. The van der Waals surface area contributed by atoms with Crippen LogP contribution in [0, 0.1) is 0 Å². The predicted molar refractivity (Wildman–Crippen MR) is 123 cm³/mol. The van der Waals surface area contributed by atoms with Gasteiger partial charge in [-0.05, 0) is 30.0 Å². The second-order valence-electron chi connectivity index (χ2n) is 7.27. The van der Waals surface area contributed by atoms with Crippen LogP contribution in [-0.2, 0) is 14.8 Å². The van der Waals surface area contributed by atoms with Gasteiger partial charge in [-0.2, -0.15) is 4.31 Å². The van der Waals surface area contributed by atoms with E-state index < -0.39 is 10.0 Å². The monoisotopic (exact) mass is 433 g/mol. The molecule has 1 amide bonds. The fraction of sp³-hybridized carbons (Fsp3) is 0.167. The number of amides is 1. The minimum Gasteiger partial charge on any atom is -0.324 e. The molecule has 1 N–H and O–H groups in total. The van der Waals surface area contributed by atoms with E-state index >= 15 is 0 Å². The van der Waals surface area contributed by atoms with Crippen molar-refractivity contribution in [1.29, 1.82) is 0 Å². The number of hydrogen-bond donors (Lipinski definition) is 1. The molecule has 0 aliphatic carbocycles. The normalized spacial score (nSPS) is 11.8. The minimum atomic E-state index is -3.87. The molecule has 0 saturated carbocycles. The van der Waals surface area contributed by atoms with E-state index in [0.717, 1.165) is 16.2 Å². The number of fused-ring (bicyclic) bond motifs is 2. The van der Waals surface area contributed by atoms with Crippen LogP contribution in [0.15, 0.2) is 84.0 Å². The van der Waals surface area contributed by atoms with E-state index in [1.165, 1.54) is 4.31 Å². The number of anilines is 1. The van der Waals surface area contributed by atoms with E-state index in [1.807, 2.05) is 55.5 Å². The molecular formula is C24H23N3O3S. The first-order valence-corrected chi connectivity index (χ1v) is 11.5. The van der Waals surface area contributed by atoms with Crippen molar-refractivity contribution in [2.75, 3.05) is 18.4 Å². The third-order valence-corrected chi connectivity index (χ3v) is 7.02.